The second kappa shape index (κ2) is 7.18. The first-order valence-electron chi connectivity index (χ1n) is 9.28. The molecule has 0 aliphatic heterocycles. The number of amides is 2. The summed E-state index contributed by atoms with van der Waals surface area (Å²) < 4.78 is 0. The number of aryl methyl sites for hydroxylation is 1. The van der Waals surface area contributed by atoms with Gasteiger partial charge in [0.05, 0.1) is 11.3 Å². The van der Waals surface area contributed by atoms with Crippen LogP contribution >= 0.6 is 22.7 Å². The summed E-state index contributed by atoms with van der Waals surface area (Å²) in [7, 11) is 0. The quantitative estimate of drug-likeness (QED) is 0.586. The Kier molecular flexibility index (Phi) is 4.84. The van der Waals surface area contributed by atoms with Crippen molar-refractivity contribution < 1.29 is 9.59 Å². The van der Waals surface area contributed by atoms with Gasteiger partial charge in [0.1, 0.15) is 14.7 Å². The molecule has 3 aromatic heterocycles. The number of fused-ring (bicyclic) bond motifs is 2. The Bertz CT molecular complexity index is 1100. The molecule has 4 rings (SSSR count). The van der Waals surface area contributed by atoms with Crippen LogP contribution in [0.1, 0.15) is 56.4 Å². The van der Waals surface area contributed by atoms with Crippen LogP contribution in [0.15, 0.2) is 12.1 Å². The molecular weight excluding hydrogens is 392 g/mol. The van der Waals surface area contributed by atoms with E-state index in [1.165, 1.54) is 22.7 Å². The van der Waals surface area contributed by atoms with E-state index >= 15 is 0 Å². The van der Waals surface area contributed by atoms with Gasteiger partial charge >= 0.3 is 0 Å². The lowest BCUT2D eigenvalue weighted by molar-refractivity contribution is 0.100. The monoisotopic (exact) mass is 414 g/mol. The zero-order chi connectivity index (χ0) is 20.0. The van der Waals surface area contributed by atoms with E-state index in [-0.39, 0.29) is 5.91 Å². The summed E-state index contributed by atoms with van der Waals surface area (Å²) in [6.45, 7) is 4.28. The Hall–Kier alpha value is -2.45. The van der Waals surface area contributed by atoms with E-state index in [9.17, 15) is 9.59 Å². The van der Waals surface area contributed by atoms with Gasteiger partial charge in [0, 0.05) is 16.0 Å². The lowest BCUT2D eigenvalue weighted by atomic mass is 10.1. The Morgan fingerprint density at radius 2 is 2.04 bits per heavy atom. The number of carbonyl (C=O) groups excluding carboxylic acids is 2. The molecule has 5 N–H and O–H groups in total. The van der Waals surface area contributed by atoms with Crippen molar-refractivity contribution in [2.45, 2.75) is 39.5 Å². The zero-order valence-corrected chi connectivity index (χ0v) is 17.4. The van der Waals surface area contributed by atoms with E-state index < -0.39 is 5.91 Å². The van der Waals surface area contributed by atoms with Crippen molar-refractivity contribution >= 4 is 55.4 Å². The van der Waals surface area contributed by atoms with Crippen LogP contribution in [-0.4, -0.2) is 16.8 Å². The van der Waals surface area contributed by atoms with E-state index in [0.29, 0.717) is 27.0 Å². The van der Waals surface area contributed by atoms with Gasteiger partial charge in [-0.25, -0.2) is 4.98 Å². The molecular formula is C20H22N4O2S2. The van der Waals surface area contributed by atoms with Crippen LogP contribution in [0.25, 0.3) is 10.2 Å². The van der Waals surface area contributed by atoms with E-state index in [0.717, 1.165) is 52.0 Å². The van der Waals surface area contributed by atoms with Crippen LogP contribution in [0.2, 0.25) is 0 Å². The molecule has 0 spiro atoms. The number of primary amides is 1. The third kappa shape index (κ3) is 3.27. The SMILES string of the molecule is CC(C)Cc1ccc2c(N)c(C(=O)Nc3sc4c(c3C(N)=O)CCC4)sc2n1. The minimum Gasteiger partial charge on any atom is -0.397 e. The number of nitrogens with two attached hydrogens (primary N) is 2. The molecule has 0 unspecified atom stereocenters. The highest BCUT2D eigenvalue weighted by atomic mass is 32.1. The highest BCUT2D eigenvalue weighted by Gasteiger charge is 2.27. The molecule has 2 amide bonds. The van der Waals surface area contributed by atoms with Crippen LogP contribution in [0.4, 0.5) is 10.7 Å². The van der Waals surface area contributed by atoms with Crippen molar-refractivity contribution in [1.29, 1.82) is 0 Å². The Morgan fingerprint density at radius 1 is 1.25 bits per heavy atom. The number of nitrogens with one attached hydrogen (secondary N) is 1. The largest absolute Gasteiger partial charge is 0.397 e. The summed E-state index contributed by atoms with van der Waals surface area (Å²) in [4.78, 5) is 31.8. The van der Waals surface area contributed by atoms with Gasteiger partial charge in [0.15, 0.2) is 0 Å². The van der Waals surface area contributed by atoms with Gasteiger partial charge in [0.2, 0.25) is 0 Å². The van der Waals surface area contributed by atoms with Crippen LogP contribution in [0.3, 0.4) is 0 Å². The second-order valence-corrected chi connectivity index (χ2v) is 9.58. The summed E-state index contributed by atoms with van der Waals surface area (Å²) in [6, 6.07) is 3.89. The molecule has 3 heterocycles. The van der Waals surface area contributed by atoms with Crippen molar-refractivity contribution in [1.82, 2.24) is 4.98 Å². The third-order valence-corrected chi connectivity index (χ3v) is 7.19. The van der Waals surface area contributed by atoms with Crippen molar-refractivity contribution in [2.75, 3.05) is 11.1 Å². The Labute approximate surface area is 171 Å². The first-order chi connectivity index (χ1) is 13.3. The fourth-order valence-corrected chi connectivity index (χ4v) is 5.95. The number of aromatic nitrogens is 1. The number of pyridine rings is 1. The molecule has 1 aliphatic carbocycles. The molecule has 28 heavy (non-hydrogen) atoms. The van der Waals surface area contributed by atoms with Crippen molar-refractivity contribution in [2.24, 2.45) is 11.7 Å². The molecule has 0 saturated carbocycles. The maximum absolute atomic E-state index is 12.9. The molecule has 8 heteroatoms. The average molecular weight is 415 g/mol. The minimum absolute atomic E-state index is 0.326. The number of rotatable bonds is 5. The van der Waals surface area contributed by atoms with Gasteiger partial charge in [-0.05, 0) is 49.3 Å². The zero-order valence-electron chi connectivity index (χ0n) is 15.8. The number of nitrogen functional groups attached to an aromatic ring is 1. The number of hydrogen-bond donors (Lipinski definition) is 3. The van der Waals surface area contributed by atoms with E-state index in [2.05, 4.69) is 24.1 Å². The molecule has 0 saturated heterocycles. The topological polar surface area (TPSA) is 111 Å². The summed E-state index contributed by atoms with van der Waals surface area (Å²) in [5.41, 5.74) is 14.7. The van der Waals surface area contributed by atoms with E-state index in [1.807, 2.05) is 12.1 Å². The van der Waals surface area contributed by atoms with Crippen molar-refractivity contribution in [3.8, 4) is 0 Å². The predicted molar refractivity (Wildman–Crippen MR) is 115 cm³/mol. The fourth-order valence-electron chi connectivity index (χ4n) is 3.65. The van der Waals surface area contributed by atoms with Gasteiger partial charge in [-0.3, -0.25) is 9.59 Å². The van der Waals surface area contributed by atoms with Crippen LogP contribution in [0.5, 0.6) is 0 Å². The molecule has 3 aromatic rings. The lowest BCUT2D eigenvalue weighted by Gasteiger charge is -2.05. The Balaban J connectivity index is 1.66. The van der Waals surface area contributed by atoms with Gasteiger partial charge in [-0.1, -0.05) is 13.8 Å². The minimum atomic E-state index is -0.501. The third-order valence-electron chi connectivity index (χ3n) is 4.87. The smallest absolute Gasteiger partial charge is 0.268 e. The molecule has 0 aromatic carbocycles. The van der Waals surface area contributed by atoms with Crippen molar-refractivity contribution in [3.63, 3.8) is 0 Å². The maximum Gasteiger partial charge on any atom is 0.268 e. The number of carbonyl (C=O) groups is 2. The first-order valence-corrected chi connectivity index (χ1v) is 10.9. The standard InChI is InChI=1S/C20H22N4O2S2/c1-9(2)8-10-6-7-12-15(21)16(28-19(12)23-10)18(26)24-20-14(17(22)25)11-4-3-5-13(11)27-20/h6-7,9H,3-5,8,21H2,1-2H3,(H2,22,25)(H,24,26). The predicted octanol–water partition coefficient (Wildman–Crippen LogP) is 3.98. The number of nitrogens with zero attached hydrogens (tertiary/aromatic N) is 1. The molecule has 0 fully saturated rings. The van der Waals surface area contributed by atoms with Gasteiger partial charge < -0.3 is 16.8 Å². The van der Waals surface area contributed by atoms with E-state index in [4.69, 9.17) is 11.5 Å². The maximum atomic E-state index is 12.9. The Morgan fingerprint density at radius 3 is 2.75 bits per heavy atom. The number of anilines is 2. The highest BCUT2D eigenvalue weighted by Crippen LogP contribution is 2.40. The van der Waals surface area contributed by atoms with Crippen molar-refractivity contribution in [3.05, 3.63) is 38.7 Å². The second-order valence-electron chi connectivity index (χ2n) is 7.48. The molecule has 0 bridgehead atoms. The first kappa shape index (κ1) is 18.9. The van der Waals surface area contributed by atoms with Gasteiger partial charge in [-0.2, -0.15) is 0 Å². The normalized spacial score (nSPS) is 13.2. The van der Waals surface area contributed by atoms with Gasteiger partial charge in [-0.15, -0.1) is 22.7 Å². The summed E-state index contributed by atoms with van der Waals surface area (Å²) >= 11 is 2.72. The fraction of sp³-hybridized carbons (Fsp3) is 0.350. The molecule has 6 nitrogen and oxygen atoms in total. The molecule has 0 atom stereocenters. The molecule has 1 aliphatic rings. The van der Waals surface area contributed by atoms with Crippen LogP contribution in [-0.2, 0) is 19.3 Å². The van der Waals surface area contributed by atoms with Crippen LogP contribution < -0.4 is 16.8 Å². The van der Waals surface area contributed by atoms with Crippen LogP contribution in [0, 0.1) is 5.92 Å². The highest BCUT2D eigenvalue weighted by molar-refractivity contribution is 7.21. The lowest BCUT2D eigenvalue weighted by Crippen LogP contribution is -2.17. The summed E-state index contributed by atoms with van der Waals surface area (Å²) in [5.74, 6) is -0.328. The number of thiophene rings is 2. The molecule has 146 valence electrons. The summed E-state index contributed by atoms with van der Waals surface area (Å²) in [6.07, 6.45) is 3.64. The van der Waals surface area contributed by atoms with Gasteiger partial charge in [0.25, 0.3) is 11.8 Å². The van der Waals surface area contributed by atoms with E-state index in [1.54, 1.807) is 0 Å². The summed E-state index contributed by atoms with van der Waals surface area (Å²) in [5, 5.41) is 4.17. The molecule has 0 radical (unpaired) electrons. The number of hydrogen-bond acceptors (Lipinski definition) is 6. The average Bonchev–Trinajstić information content (AvgIpc) is 3.27.